The molecule has 1 aliphatic rings. The van der Waals surface area contributed by atoms with Crippen LogP contribution in [0.5, 0.6) is 0 Å². The lowest BCUT2D eigenvalue weighted by Gasteiger charge is -2.32. The molecule has 2 N–H and O–H groups in total. The minimum atomic E-state index is -3.29. The van der Waals surface area contributed by atoms with E-state index in [9.17, 15) is 13.2 Å². The highest BCUT2D eigenvalue weighted by Crippen LogP contribution is 2.16. The van der Waals surface area contributed by atoms with E-state index >= 15 is 0 Å². The number of hydrogen-bond acceptors (Lipinski definition) is 5. The van der Waals surface area contributed by atoms with Crippen molar-refractivity contribution >= 4 is 21.7 Å². The van der Waals surface area contributed by atoms with Gasteiger partial charge in [0, 0.05) is 24.8 Å². The molecule has 152 valence electrons. The summed E-state index contributed by atoms with van der Waals surface area (Å²) in [4.78, 5) is 14.2. The highest BCUT2D eigenvalue weighted by Gasteiger charge is 2.25. The number of nitrogens with zero attached hydrogens (tertiary/aromatic N) is 1. The number of urea groups is 1. The fraction of sp³-hybridized carbons (Fsp3) is 0.421. The number of rotatable bonds is 7. The van der Waals surface area contributed by atoms with E-state index < -0.39 is 10.0 Å². The summed E-state index contributed by atoms with van der Waals surface area (Å²) in [7, 11) is -3.29. The number of nitrogens with one attached hydrogen (secondary N) is 2. The van der Waals surface area contributed by atoms with Crippen molar-refractivity contribution in [3.8, 4) is 0 Å². The van der Waals surface area contributed by atoms with Gasteiger partial charge in [0.1, 0.15) is 12.4 Å². The maximum Gasteiger partial charge on any atom is 0.321 e. The monoisotopic (exact) mass is 407 g/mol. The van der Waals surface area contributed by atoms with Gasteiger partial charge in [0.2, 0.25) is 10.0 Å². The Balaban J connectivity index is 1.52. The highest BCUT2D eigenvalue weighted by molar-refractivity contribution is 7.88. The molecule has 3 rings (SSSR count). The normalized spacial score (nSPS) is 17.5. The second-order valence-corrected chi connectivity index (χ2v) is 8.66. The molecule has 0 aliphatic carbocycles. The minimum Gasteiger partial charge on any atom is -0.467 e. The molecule has 0 spiro atoms. The van der Waals surface area contributed by atoms with Gasteiger partial charge in [-0.15, -0.1) is 0 Å². The Morgan fingerprint density at radius 3 is 2.89 bits per heavy atom. The number of carbonyl (C=O) groups excluding carboxylic acids is 1. The van der Waals surface area contributed by atoms with Crippen LogP contribution in [0.2, 0.25) is 0 Å². The summed E-state index contributed by atoms with van der Waals surface area (Å²) in [5, 5.41) is 2.88. The average molecular weight is 407 g/mol. The molecule has 2 heterocycles. The largest absolute Gasteiger partial charge is 0.467 e. The average Bonchev–Trinajstić information content (AvgIpc) is 3.14. The van der Waals surface area contributed by atoms with Crippen molar-refractivity contribution in [2.75, 3.05) is 24.7 Å². The number of hydrogen-bond donors (Lipinski definition) is 2. The topological polar surface area (TPSA) is 101 Å². The molecule has 28 heavy (non-hydrogen) atoms. The lowest BCUT2D eigenvalue weighted by atomic mass is 10.1. The molecule has 0 bridgehead atoms. The third kappa shape index (κ3) is 6.36. The number of likely N-dealkylation sites (tertiary alicyclic amines) is 1. The number of ether oxygens (including phenoxy) is 1. The fourth-order valence-corrected chi connectivity index (χ4v) is 3.96. The molecule has 1 unspecified atom stereocenters. The van der Waals surface area contributed by atoms with Gasteiger partial charge in [-0.3, -0.25) is 0 Å². The molecule has 1 aromatic heterocycles. The number of piperidine rings is 1. The Morgan fingerprint density at radius 2 is 2.14 bits per heavy atom. The maximum absolute atomic E-state index is 12.6. The van der Waals surface area contributed by atoms with Gasteiger partial charge >= 0.3 is 6.03 Å². The number of carbonyl (C=O) groups is 1. The van der Waals surface area contributed by atoms with E-state index in [0.29, 0.717) is 32.0 Å². The first-order chi connectivity index (χ1) is 13.4. The molecular formula is C19H25N3O5S. The molecule has 1 fully saturated rings. The van der Waals surface area contributed by atoms with Crippen molar-refractivity contribution in [2.24, 2.45) is 0 Å². The Kier molecular flexibility index (Phi) is 6.71. The van der Waals surface area contributed by atoms with Gasteiger partial charge in [-0.2, -0.15) is 0 Å². The minimum absolute atomic E-state index is 0.242. The van der Waals surface area contributed by atoms with Crippen LogP contribution in [-0.4, -0.2) is 44.7 Å². The number of furan rings is 1. The standard InChI is InChI=1S/C19H25N3O5S/c1-28(24,25)21-17-7-3-9-22(12-17)19(23)20-16-6-2-5-15(11-16)13-26-14-18-8-4-10-27-18/h2,4-6,8,10-11,17,21H,3,7,9,12-14H2,1H3,(H,20,23). The van der Waals surface area contributed by atoms with Crippen LogP contribution in [0.25, 0.3) is 0 Å². The zero-order chi connectivity index (χ0) is 20.0. The second-order valence-electron chi connectivity index (χ2n) is 6.88. The lowest BCUT2D eigenvalue weighted by molar-refractivity contribution is 0.0930. The molecule has 1 aromatic carbocycles. The molecule has 0 radical (unpaired) electrons. The molecule has 2 amide bonds. The van der Waals surface area contributed by atoms with Gasteiger partial charge in [0.15, 0.2) is 0 Å². The maximum atomic E-state index is 12.6. The summed E-state index contributed by atoms with van der Waals surface area (Å²) in [6.45, 7) is 1.73. The van der Waals surface area contributed by atoms with Crippen molar-refractivity contribution < 1.29 is 22.4 Å². The van der Waals surface area contributed by atoms with Crippen molar-refractivity contribution in [2.45, 2.75) is 32.1 Å². The van der Waals surface area contributed by atoms with E-state index in [1.165, 1.54) is 0 Å². The Bertz CT molecular complexity index is 883. The first-order valence-corrected chi connectivity index (χ1v) is 11.0. The second kappa shape index (κ2) is 9.22. The molecule has 2 aromatic rings. The number of benzene rings is 1. The van der Waals surface area contributed by atoms with E-state index in [-0.39, 0.29) is 12.1 Å². The first kappa shape index (κ1) is 20.4. The molecule has 1 aliphatic heterocycles. The first-order valence-electron chi connectivity index (χ1n) is 9.11. The number of anilines is 1. The zero-order valence-corrected chi connectivity index (χ0v) is 16.6. The zero-order valence-electron chi connectivity index (χ0n) is 15.8. The third-order valence-electron chi connectivity index (χ3n) is 4.36. The summed E-state index contributed by atoms with van der Waals surface area (Å²) in [6.07, 6.45) is 4.21. The van der Waals surface area contributed by atoms with Gasteiger partial charge in [0.05, 0.1) is 19.1 Å². The fourth-order valence-electron chi connectivity index (χ4n) is 3.17. The molecule has 8 nitrogen and oxygen atoms in total. The van der Waals surface area contributed by atoms with Crippen molar-refractivity contribution in [1.29, 1.82) is 0 Å². The smallest absolute Gasteiger partial charge is 0.321 e. The summed E-state index contributed by atoms with van der Waals surface area (Å²) in [5.74, 6) is 0.756. The van der Waals surface area contributed by atoms with Crippen LogP contribution in [0.3, 0.4) is 0 Å². The summed E-state index contributed by atoms with van der Waals surface area (Å²) in [5.41, 5.74) is 1.60. The molecule has 9 heteroatoms. The molecule has 0 saturated carbocycles. The summed E-state index contributed by atoms with van der Waals surface area (Å²) in [6, 6.07) is 10.6. The van der Waals surface area contributed by atoms with Gasteiger partial charge < -0.3 is 19.4 Å². The number of amides is 2. The lowest BCUT2D eigenvalue weighted by Crippen LogP contribution is -2.50. The Labute approximate surface area is 164 Å². The van der Waals surface area contributed by atoms with Crippen LogP contribution in [0.15, 0.2) is 47.1 Å². The highest BCUT2D eigenvalue weighted by atomic mass is 32.2. The van der Waals surface area contributed by atoms with E-state index in [4.69, 9.17) is 9.15 Å². The van der Waals surface area contributed by atoms with E-state index in [2.05, 4.69) is 10.0 Å². The van der Waals surface area contributed by atoms with Crippen molar-refractivity contribution in [1.82, 2.24) is 9.62 Å². The van der Waals surface area contributed by atoms with Crippen LogP contribution in [0.1, 0.15) is 24.2 Å². The number of sulfonamides is 1. The van der Waals surface area contributed by atoms with Crippen LogP contribution in [-0.2, 0) is 28.0 Å². The van der Waals surface area contributed by atoms with Gasteiger partial charge in [-0.25, -0.2) is 17.9 Å². The summed E-state index contributed by atoms with van der Waals surface area (Å²) >= 11 is 0. The molecule has 1 saturated heterocycles. The third-order valence-corrected chi connectivity index (χ3v) is 5.12. The van der Waals surface area contributed by atoms with Gasteiger partial charge in [-0.05, 0) is 42.7 Å². The van der Waals surface area contributed by atoms with E-state index in [1.54, 1.807) is 11.2 Å². The van der Waals surface area contributed by atoms with E-state index in [1.807, 2.05) is 36.4 Å². The predicted molar refractivity (Wildman–Crippen MR) is 105 cm³/mol. The van der Waals surface area contributed by atoms with Crippen molar-refractivity contribution in [3.63, 3.8) is 0 Å². The van der Waals surface area contributed by atoms with Crippen LogP contribution >= 0.6 is 0 Å². The Morgan fingerprint density at radius 1 is 1.29 bits per heavy atom. The van der Waals surface area contributed by atoms with Crippen LogP contribution in [0, 0.1) is 0 Å². The van der Waals surface area contributed by atoms with Crippen LogP contribution in [0.4, 0.5) is 10.5 Å². The van der Waals surface area contributed by atoms with Gasteiger partial charge in [0.25, 0.3) is 0 Å². The van der Waals surface area contributed by atoms with Gasteiger partial charge in [-0.1, -0.05) is 12.1 Å². The predicted octanol–water partition coefficient (Wildman–Crippen LogP) is 2.54. The summed E-state index contributed by atoms with van der Waals surface area (Å²) < 4.78 is 36.3. The van der Waals surface area contributed by atoms with Crippen LogP contribution < -0.4 is 10.0 Å². The molecule has 1 atom stereocenters. The SMILES string of the molecule is CS(=O)(=O)NC1CCCN(C(=O)Nc2cccc(COCc3ccco3)c2)C1. The quantitative estimate of drug-likeness (QED) is 0.735. The Hall–Kier alpha value is -2.36. The molecular weight excluding hydrogens is 382 g/mol. The van der Waals surface area contributed by atoms with Crippen molar-refractivity contribution in [3.05, 3.63) is 54.0 Å². The van der Waals surface area contributed by atoms with E-state index in [0.717, 1.165) is 30.4 Å².